The van der Waals surface area contributed by atoms with Crippen LogP contribution >= 0.6 is 0 Å². The lowest BCUT2D eigenvalue weighted by atomic mass is 9.86. The molecule has 0 atom stereocenters. The predicted octanol–water partition coefficient (Wildman–Crippen LogP) is 2.00. The average molecular weight is 291 g/mol. The van der Waals surface area contributed by atoms with Crippen molar-refractivity contribution in [3.63, 3.8) is 0 Å². The first-order valence-electron chi connectivity index (χ1n) is 7.23. The van der Waals surface area contributed by atoms with E-state index < -0.39 is 5.97 Å². The summed E-state index contributed by atoms with van der Waals surface area (Å²) < 4.78 is 5.08. The average Bonchev–Trinajstić information content (AvgIpc) is 2.48. The van der Waals surface area contributed by atoms with E-state index in [4.69, 9.17) is 9.84 Å². The number of carbonyl (C=O) groups is 2. The molecule has 5 nitrogen and oxygen atoms in total. The molecule has 2 rings (SSSR count). The van der Waals surface area contributed by atoms with Crippen molar-refractivity contribution in [1.29, 1.82) is 0 Å². The van der Waals surface area contributed by atoms with Gasteiger partial charge in [-0.05, 0) is 43.4 Å². The smallest absolute Gasteiger partial charge is 0.306 e. The Morgan fingerprint density at radius 1 is 1.19 bits per heavy atom. The number of rotatable bonds is 5. The van der Waals surface area contributed by atoms with Crippen LogP contribution in [0, 0.1) is 5.92 Å². The number of aliphatic carboxylic acids is 1. The summed E-state index contributed by atoms with van der Waals surface area (Å²) in [6.07, 6.45) is 3.10. The van der Waals surface area contributed by atoms with Gasteiger partial charge in [-0.25, -0.2) is 0 Å². The first-order chi connectivity index (χ1) is 10.1. The van der Waals surface area contributed by atoms with Crippen molar-refractivity contribution in [2.24, 2.45) is 5.92 Å². The maximum absolute atomic E-state index is 12.0. The monoisotopic (exact) mass is 291 g/mol. The normalized spacial score (nSPS) is 21.6. The van der Waals surface area contributed by atoms with E-state index in [1.807, 2.05) is 24.3 Å². The van der Waals surface area contributed by atoms with Crippen LogP contribution in [0.4, 0.5) is 0 Å². The van der Waals surface area contributed by atoms with Gasteiger partial charge in [0.2, 0.25) is 5.91 Å². The third-order valence-corrected chi connectivity index (χ3v) is 3.97. The Labute approximate surface area is 124 Å². The van der Waals surface area contributed by atoms with Gasteiger partial charge in [-0.15, -0.1) is 0 Å². The van der Waals surface area contributed by atoms with Gasteiger partial charge in [-0.1, -0.05) is 12.1 Å². The molecule has 2 N–H and O–H groups in total. The Morgan fingerprint density at radius 3 is 2.33 bits per heavy atom. The van der Waals surface area contributed by atoms with Crippen molar-refractivity contribution in [2.45, 2.75) is 38.1 Å². The molecule has 0 heterocycles. The molecule has 5 heteroatoms. The zero-order valence-electron chi connectivity index (χ0n) is 12.2. The quantitative estimate of drug-likeness (QED) is 0.870. The minimum absolute atomic E-state index is 0.0149. The Kier molecular flexibility index (Phi) is 5.20. The highest BCUT2D eigenvalue weighted by Gasteiger charge is 2.26. The second-order valence-electron chi connectivity index (χ2n) is 5.48. The first kappa shape index (κ1) is 15.4. The van der Waals surface area contributed by atoms with Crippen molar-refractivity contribution < 1.29 is 19.4 Å². The summed E-state index contributed by atoms with van der Waals surface area (Å²) in [5, 5.41) is 11.9. The molecule has 1 amide bonds. The van der Waals surface area contributed by atoms with Gasteiger partial charge in [-0.3, -0.25) is 9.59 Å². The van der Waals surface area contributed by atoms with Crippen LogP contribution in [0.5, 0.6) is 5.75 Å². The van der Waals surface area contributed by atoms with Crippen LogP contribution in [-0.4, -0.2) is 30.1 Å². The second-order valence-corrected chi connectivity index (χ2v) is 5.48. The number of amides is 1. The number of carboxylic acid groups (broad SMARTS) is 1. The van der Waals surface area contributed by atoms with E-state index in [9.17, 15) is 9.59 Å². The molecule has 1 aromatic rings. The van der Waals surface area contributed by atoms with Crippen molar-refractivity contribution in [3.8, 4) is 5.75 Å². The summed E-state index contributed by atoms with van der Waals surface area (Å²) in [4.78, 5) is 22.9. The largest absolute Gasteiger partial charge is 0.497 e. The molecule has 21 heavy (non-hydrogen) atoms. The summed E-state index contributed by atoms with van der Waals surface area (Å²) in [7, 11) is 1.61. The van der Waals surface area contributed by atoms with Crippen molar-refractivity contribution in [1.82, 2.24) is 5.32 Å². The molecular weight excluding hydrogens is 270 g/mol. The van der Waals surface area contributed by atoms with Gasteiger partial charge in [0.05, 0.1) is 19.4 Å². The zero-order valence-corrected chi connectivity index (χ0v) is 12.2. The summed E-state index contributed by atoms with van der Waals surface area (Å²) in [6.45, 7) is 0. The van der Waals surface area contributed by atoms with Gasteiger partial charge >= 0.3 is 5.97 Å². The topological polar surface area (TPSA) is 75.6 Å². The molecule has 1 fully saturated rings. The Hall–Kier alpha value is -2.04. The lowest BCUT2D eigenvalue weighted by Crippen LogP contribution is -2.39. The number of methoxy groups -OCH3 is 1. The van der Waals surface area contributed by atoms with Crippen molar-refractivity contribution in [2.75, 3.05) is 7.11 Å². The molecule has 1 aliphatic carbocycles. The molecule has 0 radical (unpaired) electrons. The van der Waals surface area contributed by atoms with E-state index >= 15 is 0 Å². The minimum Gasteiger partial charge on any atom is -0.497 e. The van der Waals surface area contributed by atoms with Crippen LogP contribution in [0.15, 0.2) is 24.3 Å². The lowest BCUT2D eigenvalue weighted by molar-refractivity contribution is -0.142. The first-order valence-corrected chi connectivity index (χ1v) is 7.23. The Balaban J connectivity index is 1.78. The Morgan fingerprint density at radius 2 is 1.81 bits per heavy atom. The summed E-state index contributed by atoms with van der Waals surface area (Å²) in [5.41, 5.74) is 0.938. The number of ether oxygens (including phenoxy) is 1. The molecule has 0 saturated heterocycles. The maximum Gasteiger partial charge on any atom is 0.306 e. The van der Waals surface area contributed by atoms with Crippen LogP contribution in [0.3, 0.4) is 0 Å². The zero-order chi connectivity index (χ0) is 15.2. The molecule has 114 valence electrons. The third kappa shape index (κ3) is 4.48. The van der Waals surface area contributed by atoms with Gasteiger partial charge in [0.25, 0.3) is 0 Å². The fourth-order valence-electron chi connectivity index (χ4n) is 2.69. The summed E-state index contributed by atoms with van der Waals surface area (Å²) >= 11 is 0. The number of carboxylic acids is 1. The molecule has 0 unspecified atom stereocenters. The van der Waals surface area contributed by atoms with Gasteiger partial charge < -0.3 is 15.2 Å². The number of benzene rings is 1. The van der Waals surface area contributed by atoms with Crippen molar-refractivity contribution in [3.05, 3.63) is 29.8 Å². The van der Waals surface area contributed by atoms with E-state index in [2.05, 4.69) is 5.32 Å². The van der Waals surface area contributed by atoms with Crippen molar-refractivity contribution >= 4 is 11.9 Å². The SMILES string of the molecule is COc1ccc(CC(=O)NC2CCC(C(=O)O)CC2)cc1. The number of nitrogens with one attached hydrogen (secondary N) is 1. The molecule has 0 aromatic heterocycles. The van der Waals surface area contributed by atoms with Crippen LogP contribution in [0.25, 0.3) is 0 Å². The summed E-state index contributed by atoms with van der Waals surface area (Å²) in [6, 6.07) is 7.52. The maximum atomic E-state index is 12.0. The van der Waals surface area contributed by atoms with E-state index in [0.717, 1.165) is 24.2 Å². The number of carbonyl (C=O) groups excluding carboxylic acids is 1. The fraction of sp³-hybridized carbons (Fsp3) is 0.500. The predicted molar refractivity (Wildman–Crippen MR) is 78.2 cm³/mol. The number of hydrogen-bond acceptors (Lipinski definition) is 3. The lowest BCUT2D eigenvalue weighted by Gasteiger charge is -2.26. The standard InChI is InChI=1S/C16H21NO4/c1-21-14-8-2-11(3-9-14)10-15(18)17-13-6-4-12(5-7-13)16(19)20/h2-3,8-9,12-13H,4-7,10H2,1H3,(H,17,18)(H,19,20). The van der Waals surface area contributed by atoms with Crippen LogP contribution < -0.4 is 10.1 Å². The van der Waals surface area contributed by atoms with E-state index in [-0.39, 0.29) is 17.9 Å². The van der Waals surface area contributed by atoms with Gasteiger partial charge in [0.1, 0.15) is 5.75 Å². The van der Waals surface area contributed by atoms with E-state index in [0.29, 0.717) is 19.3 Å². The highest BCUT2D eigenvalue weighted by molar-refractivity contribution is 5.79. The molecule has 1 aliphatic rings. The Bertz CT molecular complexity index is 490. The highest BCUT2D eigenvalue weighted by atomic mass is 16.5. The molecule has 0 spiro atoms. The fourth-order valence-corrected chi connectivity index (χ4v) is 2.69. The summed E-state index contributed by atoms with van der Waals surface area (Å²) in [5.74, 6) is -0.220. The minimum atomic E-state index is -0.724. The van der Waals surface area contributed by atoms with E-state index in [1.165, 1.54) is 0 Å². The molecule has 0 aliphatic heterocycles. The highest BCUT2D eigenvalue weighted by Crippen LogP contribution is 2.24. The molecule has 1 saturated carbocycles. The van der Waals surface area contributed by atoms with Crippen LogP contribution in [-0.2, 0) is 16.0 Å². The molecule has 1 aromatic carbocycles. The van der Waals surface area contributed by atoms with Gasteiger partial charge in [-0.2, -0.15) is 0 Å². The third-order valence-electron chi connectivity index (χ3n) is 3.97. The molecule has 0 bridgehead atoms. The van der Waals surface area contributed by atoms with Crippen LogP contribution in [0.1, 0.15) is 31.2 Å². The number of hydrogen-bond donors (Lipinski definition) is 2. The van der Waals surface area contributed by atoms with Crippen LogP contribution in [0.2, 0.25) is 0 Å². The second kappa shape index (κ2) is 7.11. The molecular formula is C16H21NO4. The van der Waals surface area contributed by atoms with Gasteiger partial charge in [0, 0.05) is 6.04 Å². The van der Waals surface area contributed by atoms with Gasteiger partial charge in [0.15, 0.2) is 0 Å². The van der Waals surface area contributed by atoms with E-state index in [1.54, 1.807) is 7.11 Å².